The van der Waals surface area contributed by atoms with Crippen LogP contribution in [0.3, 0.4) is 0 Å². The van der Waals surface area contributed by atoms with Crippen LogP contribution >= 0.6 is 0 Å². The van der Waals surface area contributed by atoms with E-state index in [4.69, 9.17) is 9.84 Å². The van der Waals surface area contributed by atoms with Crippen molar-refractivity contribution >= 4 is 27.4 Å². The van der Waals surface area contributed by atoms with Crippen LogP contribution < -0.4 is 20.1 Å². The van der Waals surface area contributed by atoms with Crippen LogP contribution in [-0.2, 0) is 10.0 Å². The molecule has 2 aromatic carbocycles. The maximum atomic E-state index is 13.9. The highest BCUT2D eigenvalue weighted by atomic mass is 32.2. The molecule has 2 aromatic rings. The number of ether oxygens (including phenoxy) is 1. The van der Waals surface area contributed by atoms with E-state index in [9.17, 15) is 35.2 Å². The Morgan fingerprint density at radius 1 is 1.03 bits per heavy atom. The molecule has 0 fully saturated rings. The van der Waals surface area contributed by atoms with E-state index in [-0.39, 0.29) is 36.7 Å². The molecule has 0 aliphatic carbocycles. The summed E-state index contributed by atoms with van der Waals surface area (Å²) in [6.07, 6.45) is 0.270. The molecule has 170 valence electrons. The second-order valence-electron chi connectivity index (χ2n) is 5.88. The molecular weight excluding hydrogens is 453 g/mol. The van der Waals surface area contributed by atoms with E-state index >= 15 is 0 Å². The highest BCUT2D eigenvalue weighted by Gasteiger charge is 2.33. The third-order valence-electron chi connectivity index (χ3n) is 3.76. The molecule has 0 spiro atoms. The lowest BCUT2D eigenvalue weighted by molar-refractivity contribution is 0.248. The molecule has 0 bridgehead atoms. The minimum Gasteiger partial charge on any atom is -0.495 e. The normalized spacial score (nSPS) is 11.2. The van der Waals surface area contributed by atoms with E-state index < -0.39 is 50.0 Å². The lowest BCUT2D eigenvalue weighted by Gasteiger charge is -2.15. The number of anilines is 2. The van der Waals surface area contributed by atoms with Gasteiger partial charge in [0.15, 0.2) is 28.2 Å². The molecule has 0 aromatic heterocycles. The van der Waals surface area contributed by atoms with E-state index in [0.717, 1.165) is 12.1 Å². The number of amides is 2. The molecule has 0 saturated carbocycles. The molecule has 4 N–H and O–H groups in total. The third-order valence-corrected chi connectivity index (χ3v) is 5.16. The summed E-state index contributed by atoms with van der Waals surface area (Å²) in [7, 11) is -4.02. The maximum Gasteiger partial charge on any atom is 0.319 e. The van der Waals surface area contributed by atoms with Crippen LogP contribution in [0.25, 0.3) is 0 Å². The standard InChI is InChI=1S/C17H16F5N3O5S/c1-30-10-4-3-8(7-9(10)24-17(27)23-5-2-6-26)25-31(28,29)16-14(21)12(19)11(18)13(20)15(16)22/h3-4,7,25-26H,2,5-6H2,1H3,(H2,23,24,27). The number of aliphatic hydroxyl groups excluding tert-OH is 1. The number of hydrogen-bond donors (Lipinski definition) is 4. The number of carbonyl (C=O) groups is 1. The van der Waals surface area contributed by atoms with E-state index in [1.807, 2.05) is 0 Å². The number of urea groups is 1. The molecule has 14 heteroatoms. The van der Waals surface area contributed by atoms with E-state index in [2.05, 4.69) is 10.6 Å². The molecule has 0 aliphatic heterocycles. The molecular formula is C17H16F5N3O5S. The SMILES string of the molecule is COc1ccc(NS(=O)(=O)c2c(F)c(F)c(F)c(F)c2F)cc1NC(=O)NCCCO. The van der Waals surface area contributed by atoms with Crippen LogP contribution in [0.2, 0.25) is 0 Å². The molecule has 0 radical (unpaired) electrons. The molecule has 2 amide bonds. The van der Waals surface area contributed by atoms with E-state index in [1.165, 1.54) is 13.2 Å². The molecule has 0 aliphatic rings. The Labute approximate surface area is 173 Å². The zero-order valence-corrected chi connectivity index (χ0v) is 16.5. The second-order valence-corrected chi connectivity index (χ2v) is 7.50. The summed E-state index contributed by atoms with van der Waals surface area (Å²) in [5.74, 6) is -12.3. The summed E-state index contributed by atoms with van der Waals surface area (Å²) >= 11 is 0. The molecule has 0 heterocycles. The zero-order valence-electron chi connectivity index (χ0n) is 15.7. The fourth-order valence-electron chi connectivity index (χ4n) is 2.34. The van der Waals surface area contributed by atoms with Crippen LogP contribution in [0.5, 0.6) is 5.75 Å². The average Bonchev–Trinajstić information content (AvgIpc) is 2.71. The largest absolute Gasteiger partial charge is 0.495 e. The third kappa shape index (κ3) is 5.32. The monoisotopic (exact) mass is 469 g/mol. The first-order valence-electron chi connectivity index (χ1n) is 8.41. The summed E-state index contributed by atoms with van der Waals surface area (Å²) in [5, 5.41) is 13.4. The quantitative estimate of drug-likeness (QED) is 0.205. The van der Waals surface area contributed by atoms with Crippen molar-refractivity contribution in [1.82, 2.24) is 5.32 Å². The van der Waals surface area contributed by atoms with Crippen molar-refractivity contribution in [3.63, 3.8) is 0 Å². The van der Waals surface area contributed by atoms with Gasteiger partial charge >= 0.3 is 6.03 Å². The minimum absolute atomic E-state index is 0.0662. The van der Waals surface area contributed by atoms with Crippen molar-refractivity contribution < 1.29 is 45.0 Å². The van der Waals surface area contributed by atoms with Gasteiger partial charge in [0.05, 0.1) is 18.5 Å². The van der Waals surface area contributed by atoms with Crippen molar-refractivity contribution in [2.75, 3.05) is 30.3 Å². The highest BCUT2D eigenvalue weighted by molar-refractivity contribution is 7.92. The number of halogens is 5. The summed E-state index contributed by atoms with van der Waals surface area (Å²) in [4.78, 5) is 9.79. The lowest BCUT2D eigenvalue weighted by atomic mass is 10.2. The molecule has 0 saturated heterocycles. The molecule has 0 unspecified atom stereocenters. The van der Waals surface area contributed by atoms with Crippen LogP contribution in [-0.4, -0.2) is 39.8 Å². The minimum atomic E-state index is -5.26. The van der Waals surface area contributed by atoms with Gasteiger partial charge in [-0.25, -0.2) is 35.2 Å². The molecule has 31 heavy (non-hydrogen) atoms. The Bertz CT molecular complexity index is 1070. The Kier molecular flexibility index (Phi) is 7.62. The molecule has 2 rings (SSSR count). The van der Waals surface area contributed by atoms with Crippen molar-refractivity contribution in [2.45, 2.75) is 11.3 Å². The fraction of sp³-hybridized carbons (Fsp3) is 0.235. The Morgan fingerprint density at radius 2 is 1.61 bits per heavy atom. The maximum absolute atomic E-state index is 13.9. The van der Waals surface area contributed by atoms with Crippen molar-refractivity contribution in [3.8, 4) is 5.75 Å². The Morgan fingerprint density at radius 3 is 2.16 bits per heavy atom. The van der Waals surface area contributed by atoms with Crippen LogP contribution in [0.1, 0.15) is 6.42 Å². The number of rotatable bonds is 8. The number of aliphatic hydroxyl groups is 1. The fourth-order valence-corrected chi connectivity index (χ4v) is 3.53. The van der Waals surface area contributed by atoms with Gasteiger partial charge in [-0.15, -0.1) is 0 Å². The predicted molar refractivity (Wildman–Crippen MR) is 98.8 cm³/mol. The van der Waals surface area contributed by atoms with Gasteiger partial charge in [-0.2, -0.15) is 0 Å². The Balaban J connectivity index is 2.38. The van der Waals surface area contributed by atoms with Crippen LogP contribution in [0.15, 0.2) is 23.1 Å². The van der Waals surface area contributed by atoms with E-state index in [1.54, 1.807) is 4.72 Å². The summed E-state index contributed by atoms with van der Waals surface area (Å²) in [6.45, 7) is -0.0459. The van der Waals surface area contributed by atoms with Gasteiger partial charge in [0.2, 0.25) is 5.82 Å². The number of nitrogens with one attached hydrogen (secondary N) is 3. The number of methoxy groups -OCH3 is 1. The predicted octanol–water partition coefficient (Wildman–Crippen LogP) is 2.70. The van der Waals surface area contributed by atoms with Crippen LogP contribution in [0, 0.1) is 29.1 Å². The van der Waals surface area contributed by atoms with Gasteiger partial charge < -0.3 is 20.5 Å². The lowest BCUT2D eigenvalue weighted by Crippen LogP contribution is -2.30. The van der Waals surface area contributed by atoms with Gasteiger partial charge in [0.1, 0.15) is 5.75 Å². The first kappa shape index (κ1) is 24.1. The van der Waals surface area contributed by atoms with Crippen molar-refractivity contribution in [2.24, 2.45) is 0 Å². The van der Waals surface area contributed by atoms with Gasteiger partial charge in [0.25, 0.3) is 10.0 Å². The molecule has 8 nitrogen and oxygen atoms in total. The topological polar surface area (TPSA) is 117 Å². The Hall–Kier alpha value is -3.13. The summed E-state index contributed by atoms with van der Waals surface area (Å²) in [5.41, 5.74) is -0.461. The molecule has 0 atom stereocenters. The van der Waals surface area contributed by atoms with Crippen molar-refractivity contribution in [3.05, 3.63) is 47.3 Å². The summed E-state index contributed by atoms with van der Waals surface area (Å²) < 4.78 is 99.0. The highest BCUT2D eigenvalue weighted by Crippen LogP contribution is 2.31. The first-order chi connectivity index (χ1) is 14.5. The smallest absolute Gasteiger partial charge is 0.319 e. The zero-order chi connectivity index (χ0) is 23.3. The van der Waals surface area contributed by atoms with Gasteiger partial charge in [-0.05, 0) is 24.6 Å². The summed E-state index contributed by atoms with van der Waals surface area (Å²) in [6, 6.07) is 2.50. The second kappa shape index (κ2) is 9.78. The van der Waals surface area contributed by atoms with Gasteiger partial charge in [0, 0.05) is 13.2 Å². The number of sulfonamides is 1. The van der Waals surface area contributed by atoms with E-state index in [0.29, 0.717) is 0 Å². The van der Waals surface area contributed by atoms with Gasteiger partial charge in [-0.3, -0.25) is 4.72 Å². The average molecular weight is 469 g/mol. The van der Waals surface area contributed by atoms with Gasteiger partial charge in [-0.1, -0.05) is 0 Å². The number of hydrogen-bond acceptors (Lipinski definition) is 5. The number of benzene rings is 2. The number of carbonyl (C=O) groups excluding carboxylic acids is 1. The van der Waals surface area contributed by atoms with Crippen molar-refractivity contribution in [1.29, 1.82) is 0 Å². The van der Waals surface area contributed by atoms with Crippen LogP contribution in [0.4, 0.5) is 38.1 Å². The first-order valence-corrected chi connectivity index (χ1v) is 9.89.